The molecule has 0 aliphatic carbocycles. The highest BCUT2D eigenvalue weighted by Gasteiger charge is 2.42. The number of ether oxygens (including phenoxy) is 1. The van der Waals surface area contributed by atoms with Crippen molar-refractivity contribution in [1.82, 2.24) is 0 Å². The summed E-state index contributed by atoms with van der Waals surface area (Å²) in [4.78, 5) is 23.2. The van der Waals surface area contributed by atoms with Gasteiger partial charge in [-0.1, -0.05) is 71.1 Å². The number of unbranched alkanes of at least 4 members (excludes halogenated alkanes) is 10. The number of carbonyl (C=O) groups excluding carboxylic acids is 2. The summed E-state index contributed by atoms with van der Waals surface area (Å²) in [5, 5.41) is 19.0. The highest BCUT2D eigenvalue weighted by Crippen LogP contribution is 2.13. The number of Topliss-reactive ketones (excluding diaryl/α,β-unsaturated/α-hetero) is 1. The molecule has 0 amide bonds. The van der Waals surface area contributed by atoms with Crippen LogP contribution in [0.2, 0.25) is 0 Å². The molecule has 0 spiro atoms. The van der Waals surface area contributed by atoms with Gasteiger partial charge >= 0.3 is 5.97 Å². The monoisotopic (exact) mass is 344 g/mol. The topological polar surface area (TPSA) is 83.8 Å². The zero-order valence-electron chi connectivity index (χ0n) is 15.7. The maximum Gasteiger partial charge on any atom is 0.345 e. The number of ketones is 1. The van der Waals surface area contributed by atoms with Gasteiger partial charge in [-0.25, -0.2) is 4.79 Å². The van der Waals surface area contributed by atoms with Gasteiger partial charge in [-0.2, -0.15) is 0 Å². The van der Waals surface area contributed by atoms with E-state index in [0.717, 1.165) is 26.2 Å². The van der Waals surface area contributed by atoms with Gasteiger partial charge < -0.3 is 14.9 Å². The van der Waals surface area contributed by atoms with E-state index in [1.54, 1.807) is 0 Å². The van der Waals surface area contributed by atoms with Crippen LogP contribution in [0.1, 0.15) is 91.4 Å². The normalized spacial score (nSPS) is 14.9. The molecule has 0 rings (SSSR count). The molecule has 0 aromatic heterocycles. The van der Waals surface area contributed by atoms with Gasteiger partial charge in [-0.3, -0.25) is 4.79 Å². The molecule has 142 valence electrons. The number of aliphatic hydroxyl groups is 2. The van der Waals surface area contributed by atoms with Crippen LogP contribution in [0.25, 0.3) is 0 Å². The molecule has 0 heterocycles. The van der Waals surface area contributed by atoms with E-state index >= 15 is 0 Å². The summed E-state index contributed by atoms with van der Waals surface area (Å²) in [5.41, 5.74) is -2.27. The van der Waals surface area contributed by atoms with Gasteiger partial charge in [0.1, 0.15) is 6.10 Å². The minimum atomic E-state index is -2.27. The second kappa shape index (κ2) is 13.4. The Morgan fingerprint density at radius 3 is 1.75 bits per heavy atom. The maximum absolute atomic E-state index is 11.7. The van der Waals surface area contributed by atoms with Gasteiger partial charge in [-0.15, -0.1) is 0 Å². The van der Waals surface area contributed by atoms with Gasteiger partial charge in [-0.05, 0) is 20.3 Å². The summed E-state index contributed by atoms with van der Waals surface area (Å²) < 4.78 is 4.94. The Hall–Kier alpha value is -0.940. The quantitative estimate of drug-likeness (QED) is 0.270. The first-order valence-electron chi connectivity index (χ1n) is 9.46. The Morgan fingerprint density at radius 2 is 1.33 bits per heavy atom. The van der Waals surface area contributed by atoms with E-state index in [-0.39, 0.29) is 6.61 Å². The van der Waals surface area contributed by atoms with Gasteiger partial charge in [0.25, 0.3) is 0 Å². The SMILES string of the molecule is CCCCCCCCCCCCCOC(=O)C(C)(O)C(=O)C(C)O. The first-order valence-corrected chi connectivity index (χ1v) is 9.46. The van der Waals surface area contributed by atoms with Crippen molar-refractivity contribution in [3.8, 4) is 0 Å². The van der Waals surface area contributed by atoms with E-state index in [1.807, 2.05) is 0 Å². The van der Waals surface area contributed by atoms with Crippen molar-refractivity contribution < 1.29 is 24.5 Å². The van der Waals surface area contributed by atoms with Crippen molar-refractivity contribution >= 4 is 11.8 Å². The molecular weight excluding hydrogens is 308 g/mol. The molecular formula is C19H36O5. The third kappa shape index (κ3) is 10.0. The van der Waals surface area contributed by atoms with Crippen molar-refractivity contribution in [1.29, 1.82) is 0 Å². The number of rotatable bonds is 15. The van der Waals surface area contributed by atoms with Gasteiger partial charge in [0.2, 0.25) is 11.4 Å². The van der Waals surface area contributed by atoms with Gasteiger partial charge in [0, 0.05) is 0 Å². The molecule has 0 radical (unpaired) electrons. The molecule has 0 bridgehead atoms. The summed E-state index contributed by atoms with van der Waals surface area (Å²) in [6.07, 6.45) is 11.8. The van der Waals surface area contributed by atoms with Crippen LogP contribution in [-0.2, 0) is 14.3 Å². The Balaban J connectivity index is 3.56. The van der Waals surface area contributed by atoms with Crippen LogP contribution in [-0.4, -0.2) is 40.3 Å². The lowest BCUT2D eigenvalue weighted by molar-refractivity contribution is -0.171. The number of aliphatic hydroxyl groups excluding tert-OH is 1. The predicted octanol–water partition coefficient (Wildman–Crippen LogP) is 3.54. The summed E-state index contributed by atoms with van der Waals surface area (Å²) in [6.45, 7) is 4.70. The molecule has 2 atom stereocenters. The van der Waals surface area contributed by atoms with Crippen molar-refractivity contribution in [3.63, 3.8) is 0 Å². The minimum absolute atomic E-state index is 0.194. The lowest BCUT2D eigenvalue weighted by Crippen LogP contribution is -2.49. The summed E-state index contributed by atoms with van der Waals surface area (Å²) in [7, 11) is 0. The van der Waals surface area contributed by atoms with E-state index in [2.05, 4.69) is 6.92 Å². The second-order valence-electron chi connectivity index (χ2n) is 6.78. The van der Waals surface area contributed by atoms with Crippen molar-refractivity contribution in [2.45, 2.75) is 103 Å². The third-order valence-corrected chi connectivity index (χ3v) is 4.24. The maximum atomic E-state index is 11.7. The van der Waals surface area contributed by atoms with Gasteiger partial charge in [0.15, 0.2) is 0 Å². The Bertz CT molecular complexity index is 350. The molecule has 0 aromatic rings. The highest BCUT2D eigenvalue weighted by molar-refractivity contribution is 6.08. The molecule has 0 aliphatic rings. The molecule has 5 nitrogen and oxygen atoms in total. The van der Waals surface area contributed by atoms with Crippen LogP contribution in [0.4, 0.5) is 0 Å². The average Bonchev–Trinajstić information content (AvgIpc) is 2.54. The summed E-state index contributed by atoms with van der Waals surface area (Å²) in [5.74, 6) is -1.92. The van der Waals surface area contributed by atoms with E-state index in [1.165, 1.54) is 58.3 Å². The number of hydrogen-bond donors (Lipinski definition) is 2. The van der Waals surface area contributed by atoms with Crippen LogP contribution in [0.15, 0.2) is 0 Å². The number of carbonyl (C=O) groups is 2. The molecule has 0 aromatic carbocycles. The fourth-order valence-electron chi connectivity index (χ4n) is 2.58. The molecule has 2 N–H and O–H groups in total. The zero-order chi connectivity index (χ0) is 18.4. The van der Waals surface area contributed by atoms with Crippen molar-refractivity contribution in [3.05, 3.63) is 0 Å². The predicted molar refractivity (Wildman–Crippen MR) is 94.7 cm³/mol. The Labute approximate surface area is 146 Å². The minimum Gasteiger partial charge on any atom is -0.463 e. The first kappa shape index (κ1) is 23.1. The fourth-order valence-corrected chi connectivity index (χ4v) is 2.58. The lowest BCUT2D eigenvalue weighted by atomic mass is 9.97. The molecule has 5 heteroatoms. The summed E-state index contributed by atoms with van der Waals surface area (Å²) in [6, 6.07) is 0. The van der Waals surface area contributed by atoms with Crippen molar-refractivity contribution in [2.24, 2.45) is 0 Å². The largest absolute Gasteiger partial charge is 0.463 e. The molecule has 0 aliphatic heterocycles. The number of esters is 1. The fraction of sp³-hybridized carbons (Fsp3) is 0.895. The van der Waals surface area contributed by atoms with Crippen LogP contribution < -0.4 is 0 Å². The van der Waals surface area contributed by atoms with Crippen molar-refractivity contribution in [2.75, 3.05) is 6.61 Å². The van der Waals surface area contributed by atoms with Crippen LogP contribution in [0, 0.1) is 0 Å². The summed E-state index contributed by atoms with van der Waals surface area (Å²) >= 11 is 0. The van der Waals surface area contributed by atoms with E-state index in [0.29, 0.717) is 0 Å². The Morgan fingerprint density at radius 1 is 0.917 bits per heavy atom. The third-order valence-electron chi connectivity index (χ3n) is 4.24. The smallest absolute Gasteiger partial charge is 0.345 e. The average molecular weight is 344 g/mol. The Kier molecular flexibility index (Phi) is 12.8. The van der Waals surface area contributed by atoms with E-state index < -0.39 is 23.5 Å². The van der Waals surface area contributed by atoms with E-state index in [9.17, 15) is 14.7 Å². The first-order chi connectivity index (χ1) is 11.3. The highest BCUT2D eigenvalue weighted by atomic mass is 16.6. The van der Waals surface area contributed by atoms with Crippen LogP contribution in [0.5, 0.6) is 0 Å². The molecule has 24 heavy (non-hydrogen) atoms. The second-order valence-corrected chi connectivity index (χ2v) is 6.78. The number of hydrogen-bond acceptors (Lipinski definition) is 5. The lowest BCUT2D eigenvalue weighted by Gasteiger charge is -2.21. The molecule has 0 saturated carbocycles. The molecule has 0 saturated heterocycles. The molecule has 0 fully saturated rings. The molecule has 2 unspecified atom stereocenters. The van der Waals surface area contributed by atoms with E-state index in [4.69, 9.17) is 9.84 Å². The zero-order valence-corrected chi connectivity index (χ0v) is 15.7. The van der Waals surface area contributed by atoms with Crippen LogP contribution >= 0.6 is 0 Å². The van der Waals surface area contributed by atoms with Gasteiger partial charge in [0.05, 0.1) is 6.61 Å². The standard InChI is InChI=1S/C19H36O5/c1-4-5-6-7-8-9-10-11-12-13-14-15-24-18(22)19(3,23)17(21)16(2)20/h16,20,23H,4-15H2,1-3H3. The van der Waals surface area contributed by atoms with Crippen LogP contribution in [0.3, 0.4) is 0 Å².